The van der Waals surface area contributed by atoms with Gasteiger partial charge in [0.2, 0.25) is 0 Å². The van der Waals surface area contributed by atoms with E-state index in [4.69, 9.17) is 0 Å². The SMILES string of the molecule is Cc1cc(NCC2(F)CC2)nn1C. The van der Waals surface area contributed by atoms with E-state index in [1.807, 2.05) is 20.0 Å². The van der Waals surface area contributed by atoms with Crippen molar-refractivity contribution < 1.29 is 4.39 Å². The molecule has 0 aromatic carbocycles. The Hall–Kier alpha value is -1.06. The van der Waals surface area contributed by atoms with E-state index in [0.29, 0.717) is 19.4 Å². The third-order valence-corrected chi connectivity index (χ3v) is 2.49. The fourth-order valence-corrected chi connectivity index (χ4v) is 1.21. The molecule has 3 nitrogen and oxygen atoms in total. The number of aryl methyl sites for hydroxylation is 2. The number of rotatable bonds is 3. The molecule has 0 amide bonds. The molecule has 1 aliphatic carbocycles. The predicted octanol–water partition coefficient (Wildman–Crippen LogP) is 1.64. The van der Waals surface area contributed by atoms with Crippen LogP contribution in [-0.4, -0.2) is 22.0 Å². The van der Waals surface area contributed by atoms with E-state index < -0.39 is 5.67 Å². The van der Waals surface area contributed by atoms with Crippen molar-refractivity contribution >= 4 is 5.82 Å². The minimum absolute atomic E-state index is 0.392. The Bertz CT molecular complexity index is 295. The zero-order valence-corrected chi connectivity index (χ0v) is 7.97. The minimum atomic E-state index is -0.953. The van der Waals surface area contributed by atoms with Crippen LogP contribution in [0.5, 0.6) is 0 Å². The minimum Gasteiger partial charge on any atom is -0.365 e. The summed E-state index contributed by atoms with van der Waals surface area (Å²) < 4.78 is 15.0. The lowest BCUT2D eigenvalue weighted by Crippen LogP contribution is -2.16. The largest absolute Gasteiger partial charge is 0.365 e. The van der Waals surface area contributed by atoms with Gasteiger partial charge in [0.25, 0.3) is 0 Å². The summed E-state index contributed by atoms with van der Waals surface area (Å²) in [5, 5.41) is 7.18. The molecule has 0 unspecified atom stereocenters. The van der Waals surface area contributed by atoms with E-state index in [0.717, 1.165) is 11.5 Å². The summed E-state index contributed by atoms with van der Waals surface area (Å²) in [5.74, 6) is 0.768. The van der Waals surface area contributed by atoms with Crippen LogP contribution in [0.15, 0.2) is 6.07 Å². The number of aromatic nitrogens is 2. The first-order valence-corrected chi connectivity index (χ1v) is 4.52. The molecule has 0 bridgehead atoms. The third kappa shape index (κ3) is 1.82. The van der Waals surface area contributed by atoms with Crippen LogP contribution in [-0.2, 0) is 7.05 Å². The van der Waals surface area contributed by atoms with Gasteiger partial charge in [0, 0.05) is 18.8 Å². The highest BCUT2D eigenvalue weighted by Crippen LogP contribution is 2.39. The van der Waals surface area contributed by atoms with Crippen molar-refractivity contribution in [3.05, 3.63) is 11.8 Å². The summed E-state index contributed by atoms with van der Waals surface area (Å²) in [6.45, 7) is 2.37. The lowest BCUT2D eigenvalue weighted by Gasteiger charge is -2.04. The first-order chi connectivity index (χ1) is 6.09. The van der Waals surface area contributed by atoms with Crippen molar-refractivity contribution in [3.63, 3.8) is 0 Å². The molecule has 1 aromatic heterocycles. The molecule has 0 spiro atoms. The van der Waals surface area contributed by atoms with Crippen molar-refractivity contribution in [1.29, 1.82) is 0 Å². The molecule has 13 heavy (non-hydrogen) atoms. The second-order valence-electron chi connectivity index (χ2n) is 3.80. The number of alkyl halides is 1. The second kappa shape index (κ2) is 2.72. The maximum atomic E-state index is 13.2. The molecule has 1 aromatic rings. The molecule has 1 fully saturated rings. The van der Waals surface area contributed by atoms with Gasteiger partial charge in [-0.15, -0.1) is 0 Å². The van der Waals surface area contributed by atoms with Crippen molar-refractivity contribution in [2.45, 2.75) is 25.4 Å². The Morgan fingerprint density at radius 1 is 1.69 bits per heavy atom. The number of nitrogens with zero attached hydrogens (tertiary/aromatic N) is 2. The highest BCUT2D eigenvalue weighted by Gasteiger charge is 2.42. The smallest absolute Gasteiger partial charge is 0.148 e. The number of nitrogens with one attached hydrogen (secondary N) is 1. The molecule has 1 heterocycles. The highest BCUT2D eigenvalue weighted by atomic mass is 19.1. The van der Waals surface area contributed by atoms with E-state index in [2.05, 4.69) is 10.4 Å². The lowest BCUT2D eigenvalue weighted by molar-refractivity contribution is 0.326. The predicted molar refractivity (Wildman–Crippen MR) is 49.5 cm³/mol. The van der Waals surface area contributed by atoms with Crippen LogP contribution in [0.1, 0.15) is 18.5 Å². The first kappa shape index (κ1) is 8.53. The third-order valence-electron chi connectivity index (χ3n) is 2.49. The van der Waals surface area contributed by atoms with Crippen LogP contribution in [0.3, 0.4) is 0 Å². The van der Waals surface area contributed by atoms with Crippen molar-refractivity contribution in [3.8, 4) is 0 Å². The zero-order chi connectivity index (χ0) is 9.47. The molecular weight excluding hydrogens is 169 g/mol. The standard InChI is InChI=1S/C9H14FN3/c1-7-5-8(12-13(7)2)11-6-9(10)3-4-9/h5H,3-4,6H2,1-2H3,(H,11,12). The van der Waals surface area contributed by atoms with Crippen LogP contribution in [0.4, 0.5) is 10.2 Å². The van der Waals surface area contributed by atoms with Crippen molar-refractivity contribution in [2.75, 3.05) is 11.9 Å². The van der Waals surface area contributed by atoms with Crippen LogP contribution >= 0.6 is 0 Å². The second-order valence-corrected chi connectivity index (χ2v) is 3.80. The number of halogens is 1. The molecule has 4 heteroatoms. The molecule has 0 atom stereocenters. The van der Waals surface area contributed by atoms with Gasteiger partial charge in [-0.05, 0) is 19.8 Å². The van der Waals surface area contributed by atoms with Gasteiger partial charge in [0.1, 0.15) is 11.5 Å². The molecule has 72 valence electrons. The summed E-state index contributed by atoms with van der Waals surface area (Å²) >= 11 is 0. The van der Waals surface area contributed by atoms with Crippen molar-refractivity contribution in [1.82, 2.24) is 9.78 Å². The van der Waals surface area contributed by atoms with E-state index in [-0.39, 0.29) is 0 Å². The Kier molecular flexibility index (Phi) is 1.78. The van der Waals surface area contributed by atoms with E-state index in [1.54, 1.807) is 4.68 Å². The monoisotopic (exact) mass is 183 g/mol. The number of hydrogen-bond acceptors (Lipinski definition) is 2. The summed E-state index contributed by atoms with van der Waals surface area (Å²) in [4.78, 5) is 0. The Labute approximate surface area is 76.9 Å². The van der Waals surface area contributed by atoms with Gasteiger partial charge < -0.3 is 5.32 Å². The van der Waals surface area contributed by atoms with Gasteiger partial charge >= 0.3 is 0 Å². The summed E-state index contributed by atoms with van der Waals surface area (Å²) in [7, 11) is 1.88. The summed E-state index contributed by atoms with van der Waals surface area (Å²) in [6, 6.07) is 1.92. The Balaban J connectivity index is 1.94. The van der Waals surface area contributed by atoms with E-state index in [1.165, 1.54) is 0 Å². The van der Waals surface area contributed by atoms with Gasteiger partial charge in [-0.1, -0.05) is 0 Å². The quantitative estimate of drug-likeness (QED) is 0.772. The fraction of sp³-hybridized carbons (Fsp3) is 0.667. The molecule has 0 saturated heterocycles. The lowest BCUT2D eigenvalue weighted by atomic mass is 10.3. The fourth-order valence-electron chi connectivity index (χ4n) is 1.21. The van der Waals surface area contributed by atoms with Crippen LogP contribution < -0.4 is 5.32 Å². The van der Waals surface area contributed by atoms with Crippen LogP contribution in [0.2, 0.25) is 0 Å². The summed E-state index contributed by atoms with van der Waals surface area (Å²) in [5.41, 5.74) is 0.122. The molecule has 0 radical (unpaired) electrons. The van der Waals surface area contributed by atoms with Crippen LogP contribution in [0, 0.1) is 6.92 Å². The Morgan fingerprint density at radius 2 is 2.38 bits per heavy atom. The van der Waals surface area contributed by atoms with Crippen LogP contribution in [0.25, 0.3) is 0 Å². The molecule has 2 rings (SSSR count). The molecule has 1 saturated carbocycles. The number of hydrogen-bond donors (Lipinski definition) is 1. The average molecular weight is 183 g/mol. The van der Waals surface area contributed by atoms with Gasteiger partial charge in [0.15, 0.2) is 0 Å². The Morgan fingerprint density at radius 3 is 2.85 bits per heavy atom. The molecular formula is C9H14FN3. The molecule has 0 aliphatic heterocycles. The summed E-state index contributed by atoms with van der Waals surface area (Å²) in [6.07, 6.45) is 1.37. The van der Waals surface area contributed by atoms with E-state index >= 15 is 0 Å². The average Bonchev–Trinajstić information content (AvgIpc) is 2.72. The van der Waals surface area contributed by atoms with Gasteiger partial charge in [-0.2, -0.15) is 5.10 Å². The number of anilines is 1. The van der Waals surface area contributed by atoms with Gasteiger partial charge in [-0.3, -0.25) is 4.68 Å². The highest BCUT2D eigenvalue weighted by molar-refractivity contribution is 5.36. The topological polar surface area (TPSA) is 29.9 Å². The van der Waals surface area contributed by atoms with Crippen molar-refractivity contribution in [2.24, 2.45) is 7.05 Å². The molecule has 1 aliphatic rings. The van der Waals surface area contributed by atoms with E-state index in [9.17, 15) is 4.39 Å². The first-order valence-electron chi connectivity index (χ1n) is 4.52. The van der Waals surface area contributed by atoms with Gasteiger partial charge in [-0.25, -0.2) is 4.39 Å². The maximum absolute atomic E-state index is 13.2. The normalized spacial score (nSPS) is 18.7. The zero-order valence-electron chi connectivity index (χ0n) is 7.97. The molecule has 1 N–H and O–H groups in total. The van der Waals surface area contributed by atoms with Gasteiger partial charge in [0.05, 0.1) is 6.54 Å². The maximum Gasteiger partial charge on any atom is 0.148 e.